The SMILES string of the molecule is CC(=O)C(Cl)c1cc(Br)cc(CC(=O)O)c1. The highest BCUT2D eigenvalue weighted by atomic mass is 79.9. The molecule has 0 aliphatic rings. The van der Waals surface area contributed by atoms with E-state index >= 15 is 0 Å². The standard InChI is InChI=1S/C11H10BrClO3/c1-6(14)11(13)8-2-7(4-10(15)16)3-9(12)5-8/h2-3,5,11H,4H2,1H3,(H,15,16). The maximum atomic E-state index is 11.1. The molecule has 1 atom stereocenters. The second-order valence-electron chi connectivity index (χ2n) is 3.44. The van der Waals surface area contributed by atoms with E-state index in [0.29, 0.717) is 15.6 Å². The molecule has 0 saturated heterocycles. The van der Waals surface area contributed by atoms with Gasteiger partial charge in [-0.05, 0) is 30.2 Å². The van der Waals surface area contributed by atoms with Gasteiger partial charge in [0.05, 0.1) is 6.42 Å². The molecule has 1 N–H and O–H groups in total. The van der Waals surface area contributed by atoms with Gasteiger partial charge in [-0.2, -0.15) is 0 Å². The number of aliphatic carboxylic acids is 1. The zero-order valence-corrected chi connectivity index (χ0v) is 10.9. The minimum Gasteiger partial charge on any atom is -0.481 e. The average Bonchev–Trinajstić information content (AvgIpc) is 2.14. The number of halogens is 2. The van der Waals surface area contributed by atoms with Gasteiger partial charge in [0.25, 0.3) is 0 Å². The van der Waals surface area contributed by atoms with Crippen LogP contribution in [-0.2, 0) is 16.0 Å². The molecule has 1 unspecified atom stereocenters. The molecule has 0 spiro atoms. The number of hydrogen-bond acceptors (Lipinski definition) is 2. The van der Waals surface area contributed by atoms with Crippen molar-refractivity contribution in [3.63, 3.8) is 0 Å². The number of Topliss-reactive ketones (excluding diaryl/α,β-unsaturated/α-hetero) is 1. The van der Waals surface area contributed by atoms with E-state index in [0.717, 1.165) is 0 Å². The minimum atomic E-state index is -0.919. The lowest BCUT2D eigenvalue weighted by Gasteiger charge is -2.08. The van der Waals surface area contributed by atoms with E-state index in [1.165, 1.54) is 6.92 Å². The van der Waals surface area contributed by atoms with Gasteiger partial charge in [-0.3, -0.25) is 9.59 Å². The zero-order chi connectivity index (χ0) is 12.3. The highest BCUT2D eigenvalue weighted by molar-refractivity contribution is 9.10. The first-order valence-corrected chi connectivity index (χ1v) is 5.78. The Morgan fingerprint density at radius 2 is 2.06 bits per heavy atom. The Morgan fingerprint density at radius 3 is 2.56 bits per heavy atom. The lowest BCUT2D eigenvalue weighted by Crippen LogP contribution is -2.05. The van der Waals surface area contributed by atoms with Gasteiger partial charge in [0, 0.05) is 4.47 Å². The summed E-state index contributed by atoms with van der Waals surface area (Å²) in [6.45, 7) is 1.40. The van der Waals surface area contributed by atoms with Crippen molar-refractivity contribution in [1.82, 2.24) is 0 Å². The first kappa shape index (κ1) is 13.2. The van der Waals surface area contributed by atoms with Crippen LogP contribution in [0.1, 0.15) is 23.4 Å². The highest BCUT2D eigenvalue weighted by Gasteiger charge is 2.15. The topological polar surface area (TPSA) is 54.4 Å². The number of carboxylic acid groups (broad SMARTS) is 1. The number of carboxylic acids is 1. The summed E-state index contributed by atoms with van der Waals surface area (Å²) >= 11 is 9.16. The van der Waals surface area contributed by atoms with Crippen LogP contribution in [0.3, 0.4) is 0 Å². The Morgan fingerprint density at radius 1 is 1.44 bits per heavy atom. The number of alkyl halides is 1. The molecule has 0 radical (unpaired) electrons. The van der Waals surface area contributed by atoms with E-state index in [4.69, 9.17) is 16.7 Å². The van der Waals surface area contributed by atoms with Crippen LogP contribution in [0.15, 0.2) is 22.7 Å². The Kier molecular flexibility index (Phi) is 4.50. The molecule has 0 aliphatic carbocycles. The van der Waals surface area contributed by atoms with E-state index in [2.05, 4.69) is 15.9 Å². The third-order valence-corrected chi connectivity index (χ3v) is 3.00. The van der Waals surface area contributed by atoms with Gasteiger partial charge < -0.3 is 5.11 Å². The van der Waals surface area contributed by atoms with Gasteiger partial charge in [0.2, 0.25) is 0 Å². The average molecular weight is 306 g/mol. The van der Waals surface area contributed by atoms with Crippen molar-refractivity contribution in [1.29, 1.82) is 0 Å². The molecule has 0 aromatic heterocycles. The molecule has 0 fully saturated rings. The second kappa shape index (κ2) is 5.46. The lowest BCUT2D eigenvalue weighted by atomic mass is 10.0. The summed E-state index contributed by atoms with van der Waals surface area (Å²) in [7, 11) is 0. The maximum absolute atomic E-state index is 11.1. The van der Waals surface area contributed by atoms with Crippen molar-refractivity contribution in [2.45, 2.75) is 18.7 Å². The number of ketones is 1. The van der Waals surface area contributed by atoms with Gasteiger partial charge in [0.1, 0.15) is 5.38 Å². The number of hydrogen-bond donors (Lipinski definition) is 1. The van der Waals surface area contributed by atoms with Crippen molar-refractivity contribution < 1.29 is 14.7 Å². The molecular weight excluding hydrogens is 295 g/mol. The molecule has 1 rings (SSSR count). The van der Waals surface area contributed by atoms with Crippen LogP contribution in [0.2, 0.25) is 0 Å². The highest BCUT2D eigenvalue weighted by Crippen LogP contribution is 2.26. The summed E-state index contributed by atoms with van der Waals surface area (Å²) in [6, 6.07) is 5.05. The molecule has 1 aromatic rings. The van der Waals surface area contributed by atoms with Gasteiger partial charge in [0.15, 0.2) is 5.78 Å². The number of rotatable bonds is 4. The lowest BCUT2D eigenvalue weighted by molar-refractivity contribution is -0.136. The zero-order valence-electron chi connectivity index (χ0n) is 8.54. The summed E-state index contributed by atoms with van der Waals surface area (Å²) in [5.74, 6) is -1.08. The predicted octanol–water partition coefficient (Wildman–Crippen LogP) is 2.95. The maximum Gasteiger partial charge on any atom is 0.307 e. The Balaban J connectivity index is 3.07. The van der Waals surface area contributed by atoms with E-state index < -0.39 is 11.3 Å². The van der Waals surface area contributed by atoms with Crippen LogP contribution >= 0.6 is 27.5 Å². The first-order valence-electron chi connectivity index (χ1n) is 4.56. The van der Waals surface area contributed by atoms with E-state index in [1.807, 2.05) is 0 Å². The molecule has 3 nitrogen and oxygen atoms in total. The van der Waals surface area contributed by atoms with Crippen molar-refractivity contribution in [2.75, 3.05) is 0 Å². The molecule has 0 heterocycles. The smallest absolute Gasteiger partial charge is 0.307 e. The molecule has 0 aliphatic heterocycles. The van der Waals surface area contributed by atoms with Crippen molar-refractivity contribution in [3.05, 3.63) is 33.8 Å². The van der Waals surface area contributed by atoms with Crippen LogP contribution in [0.4, 0.5) is 0 Å². The molecule has 0 saturated carbocycles. The van der Waals surface area contributed by atoms with Crippen LogP contribution < -0.4 is 0 Å². The fourth-order valence-electron chi connectivity index (χ4n) is 1.33. The van der Waals surface area contributed by atoms with Crippen LogP contribution in [0.25, 0.3) is 0 Å². The quantitative estimate of drug-likeness (QED) is 0.870. The Hall–Kier alpha value is -0.870. The fraction of sp³-hybridized carbons (Fsp3) is 0.273. The normalized spacial score (nSPS) is 12.2. The molecule has 86 valence electrons. The van der Waals surface area contributed by atoms with Crippen LogP contribution in [-0.4, -0.2) is 16.9 Å². The number of carbonyl (C=O) groups excluding carboxylic acids is 1. The van der Waals surface area contributed by atoms with Gasteiger partial charge in [-0.15, -0.1) is 11.6 Å². The molecule has 16 heavy (non-hydrogen) atoms. The summed E-state index contributed by atoms with van der Waals surface area (Å²) in [6.07, 6.45) is -0.0893. The third kappa shape index (κ3) is 3.61. The number of benzene rings is 1. The largest absolute Gasteiger partial charge is 0.481 e. The van der Waals surface area contributed by atoms with Crippen LogP contribution in [0, 0.1) is 0 Å². The van der Waals surface area contributed by atoms with Gasteiger partial charge >= 0.3 is 5.97 Å². The monoisotopic (exact) mass is 304 g/mol. The summed E-state index contributed by atoms with van der Waals surface area (Å²) in [5.41, 5.74) is 1.23. The molecule has 0 amide bonds. The van der Waals surface area contributed by atoms with Gasteiger partial charge in [-0.1, -0.05) is 22.0 Å². The van der Waals surface area contributed by atoms with Crippen molar-refractivity contribution in [2.24, 2.45) is 0 Å². The van der Waals surface area contributed by atoms with Crippen molar-refractivity contribution >= 4 is 39.3 Å². The summed E-state index contributed by atoms with van der Waals surface area (Å²) in [5, 5.41) is 7.95. The van der Waals surface area contributed by atoms with E-state index in [9.17, 15) is 9.59 Å². The summed E-state index contributed by atoms with van der Waals surface area (Å²) < 4.78 is 0.716. The predicted molar refractivity (Wildman–Crippen MR) is 64.8 cm³/mol. The molecular formula is C11H10BrClO3. The number of carbonyl (C=O) groups is 2. The van der Waals surface area contributed by atoms with E-state index in [-0.39, 0.29) is 12.2 Å². The van der Waals surface area contributed by atoms with Crippen molar-refractivity contribution in [3.8, 4) is 0 Å². The first-order chi connectivity index (χ1) is 7.40. The summed E-state index contributed by atoms with van der Waals surface area (Å²) in [4.78, 5) is 21.7. The minimum absolute atomic E-state index is 0.0893. The van der Waals surface area contributed by atoms with Gasteiger partial charge in [-0.25, -0.2) is 0 Å². The third-order valence-electron chi connectivity index (χ3n) is 1.98. The Bertz CT molecular complexity index is 431. The molecule has 1 aromatic carbocycles. The van der Waals surface area contributed by atoms with E-state index in [1.54, 1.807) is 18.2 Å². The molecule has 0 bridgehead atoms. The van der Waals surface area contributed by atoms with Crippen LogP contribution in [0.5, 0.6) is 0 Å². The Labute approximate surface area is 107 Å². The fourth-order valence-corrected chi connectivity index (χ4v) is 2.02. The molecule has 5 heteroatoms. The second-order valence-corrected chi connectivity index (χ2v) is 4.79.